The van der Waals surface area contributed by atoms with Crippen molar-refractivity contribution in [2.45, 2.75) is 12.8 Å². The van der Waals surface area contributed by atoms with E-state index in [4.69, 9.17) is 4.74 Å². The molecule has 0 unspecified atom stereocenters. The lowest BCUT2D eigenvalue weighted by Crippen LogP contribution is -2.41. The van der Waals surface area contributed by atoms with Crippen molar-refractivity contribution in [1.82, 2.24) is 9.88 Å². The van der Waals surface area contributed by atoms with E-state index in [9.17, 15) is 14.0 Å². The minimum Gasteiger partial charge on any atom is -0.495 e. The van der Waals surface area contributed by atoms with Crippen LogP contribution in [0.3, 0.4) is 0 Å². The molecule has 1 N–H and O–H groups in total. The fraction of sp³-hybridized carbons (Fsp3) is 0.316. The van der Waals surface area contributed by atoms with Crippen molar-refractivity contribution in [3.8, 4) is 5.75 Å². The molecule has 2 amide bonds. The topological polar surface area (TPSA) is 71.5 Å². The third kappa shape index (κ3) is 3.99. The van der Waals surface area contributed by atoms with Crippen molar-refractivity contribution >= 4 is 17.5 Å². The Labute approximate surface area is 151 Å². The van der Waals surface area contributed by atoms with Crippen LogP contribution in [-0.2, 0) is 4.79 Å². The summed E-state index contributed by atoms with van der Waals surface area (Å²) < 4.78 is 18.4. The molecule has 0 bridgehead atoms. The molecule has 0 saturated carbocycles. The summed E-state index contributed by atoms with van der Waals surface area (Å²) in [6.07, 6.45) is 2.39. The van der Waals surface area contributed by atoms with E-state index in [2.05, 4.69) is 10.3 Å². The van der Waals surface area contributed by atoms with E-state index < -0.39 is 5.95 Å². The van der Waals surface area contributed by atoms with Gasteiger partial charge in [-0.2, -0.15) is 4.39 Å². The molecule has 1 aliphatic rings. The van der Waals surface area contributed by atoms with Crippen LogP contribution in [0.5, 0.6) is 5.75 Å². The predicted octanol–water partition coefficient (Wildman–Crippen LogP) is 2.72. The number of aromatic nitrogens is 1. The SMILES string of the molecule is COc1ccccc1NC(=O)C1CCN(C(=O)c2ccnc(F)c2)CC1. The van der Waals surface area contributed by atoms with Gasteiger partial charge in [0.2, 0.25) is 11.9 Å². The summed E-state index contributed by atoms with van der Waals surface area (Å²) >= 11 is 0. The molecule has 3 rings (SSSR count). The fourth-order valence-electron chi connectivity index (χ4n) is 3.05. The van der Waals surface area contributed by atoms with E-state index in [1.54, 1.807) is 24.1 Å². The number of carbonyl (C=O) groups excluding carboxylic acids is 2. The van der Waals surface area contributed by atoms with E-state index in [1.165, 1.54) is 12.3 Å². The van der Waals surface area contributed by atoms with Gasteiger partial charge in [-0.3, -0.25) is 9.59 Å². The van der Waals surface area contributed by atoms with Crippen LogP contribution in [0.4, 0.5) is 10.1 Å². The number of methoxy groups -OCH3 is 1. The molecule has 1 aliphatic heterocycles. The number of nitrogens with one attached hydrogen (secondary N) is 1. The molecule has 136 valence electrons. The van der Waals surface area contributed by atoms with Gasteiger partial charge in [-0.15, -0.1) is 0 Å². The summed E-state index contributed by atoms with van der Waals surface area (Å²) in [6.45, 7) is 0.902. The molecule has 0 radical (unpaired) electrons. The van der Waals surface area contributed by atoms with Crippen LogP contribution in [0.2, 0.25) is 0 Å². The van der Waals surface area contributed by atoms with Crippen LogP contribution in [0.1, 0.15) is 23.2 Å². The Morgan fingerprint density at radius 2 is 1.96 bits per heavy atom. The summed E-state index contributed by atoms with van der Waals surface area (Å²) in [5.74, 6) is -0.584. The summed E-state index contributed by atoms with van der Waals surface area (Å²) in [5.41, 5.74) is 0.903. The number of likely N-dealkylation sites (tertiary alicyclic amines) is 1. The summed E-state index contributed by atoms with van der Waals surface area (Å²) in [7, 11) is 1.55. The lowest BCUT2D eigenvalue weighted by molar-refractivity contribution is -0.121. The molecule has 0 aliphatic carbocycles. The standard InChI is InChI=1S/C19H20FN3O3/c1-26-16-5-3-2-4-15(16)22-18(24)13-7-10-23(11-8-13)19(25)14-6-9-21-17(20)12-14/h2-6,9,12-13H,7-8,10-11H2,1H3,(H,22,24). The number of anilines is 1. The molecule has 2 aromatic rings. The molecular formula is C19H20FN3O3. The fourth-order valence-corrected chi connectivity index (χ4v) is 3.05. The number of pyridine rings is 1. The quantitative estimate of drug-likeness (QED) is 0.854. The number of nitrogens with zero attached hydrogens (tertiary/aromatic N) is 2. The average molecular weight is 357 g/mol. The van der Waals surface area contributed by atoms with Crippen LogP contribution < -0.4 is 10.1 Å². The number of carbonyl (C=O) groups is 2. The third-order valence-electron chi connectivity index (χ3n) is 4.49. The zero-order valence-corrected chi connectivity index (χ0v) is 14.4. The van der Waals surface area contributed by atoms with Crippen LogP contribution in [0, 0.1) is 11.9 Å². The zero-order chi connectivity index (χ0) is 18.5. The zero-order valence-electron chi connectivity index (χ0n) is 14.4. The summed E-state index contributed by atoms with van der Waals surface area (Å²) in [6, 6.07) is 9.85. The number of amides is 2. The minimum atomic E-state index is -0.679. The van der Waals surface area contributed by atoms with Gasteiger partial charge in [-0.1, -0.05) is 12.1 Å². The highest BCUT2D eigenvalue weighted by Crippen LogP contribution is 2.26. The van der Waals surface area contributed by atoms with Crippen molar-refractivity contribution in [2.75, 3.05) is 25.5 Å². The second kappa shape index (κ2) is 7.95. The van der Waals surface area contributed by atoms with Gasteiger partial charge in [0.1, 0.15) is 5.75 Å². The van der Waals surface area contributed by atoms with E-state index in [1.807, 2.05) is 12.1 Å². The Kier molecular flexibility index (Phi) is 5.46. The van der Waals surface area contributed by atoms with Crippen LogP contribution in [0.25, 0.3) is 0 Å². The maximum atomic E-state index is 13.2. The highest BCUT2D eigenvalue weighted by atomic mass is 19.1. The van der Waals surface area contributed by atoms with Crippen molar-refractivity contribution in [3.05, 3.63) is 54.1 Å². The highest BCUT2D eigenvalue weighted by molar-refractivity contribution is 5.95. The Hall–Kier alpha value is -2.96. The molecule has 6 nitrogen and oxygen atoms in total. The van der Waals surface area contributed by atoms with Gasteiger partial charge in [-0.05, 0) is 31.0 Å². The molecule has 0 spiro atoms. The van der Waals surface area contributed by atoms with E-state index in [0.29, 0.717) is 37.4 Å². The Morgan fingerprint density at radius 1 is 1.23 bits per heavy atom. The van der Waals surface area contributed by atoms with Crippen molar-refractivity contribution in [3.63, 3.8) is 0 Å². The van der Waals surface area contributed by atoms with Crippen molar-refractivity contribution < 1.29 is 18.7 Å². The summed E-state index contributed by atoms with van der Waals surface area (Å²) in [4.78, 5) is 30.0. The molecule has 1 aromatic heterocycles. The maximum absolute atomic E-state index is 13.2. The first-order valence-electron chi connectivity index (χ1n) is 8.43. The Bertz CT molecular complexity index is 804. The van der Waals surface area contributed by atoms with E-state index in [0.717, 1.165) is 6.07 Å². The van der Waals surface area contributed by atoms with Gasteiger partial charge in [-0.25, -0.2) is 4.98 Å². The van der Waals surface area contributed by atoms with Gasteiger partial charge in [0.15, 0.2) is 0 Å². The van der Waals surface area contributed by atoms with Gasteiger partial charge >= 0.3 is 0 Å². The molecule has 1 aromatic carbocycles. The first-order valence-corrected chi connectivity index (χ1v) is 8.43. The largest absolute Gasteiger partial charge is 0.495 e. The second-order valence-electron chi connectivity index (χ2n) is 6.12. The highest BCUT2D eigenvalue weighted by Gasteiger charge is 2.28. The number of piperidine rings is 1. The molecular weight excluding hydrogens is 337 g/mol. The minimum absolute atomic E-state index is 0.0865. The van der Waals surface area contributed by atoms with E-state index in [-0.39, 0.29) is 23.3 Å². The first-order chi connectivity index (χ1) is 12.6. The van der Waals surface area contributed by atoms with Crippen LogP contribution >= 0.6 is 0 Å². The molecule has 1 fully saturated rings. The number of para-hydroxylation sites is 2. The van der Waals surface area contributed by atoms with Gasteiger partial charge in [0.25, 0.3) is 5.91 Å². The number of hydrogen-bond donors (Lipinski definition) is 1. The van der Waals surface area contributed by atoms with Gasteiger partial charge in [0.05, 0.1) is 12.8 Å². The molecule has 2 heterocycles. The third-order valence-corrected chi connectivity index (χ3v) is 4.49. The Balaban J connectivity index is 1.58. The number of ether oxygens (including phenoxy) is 1. The predicted molar refractivity (Wildman–Crippen MR) is 94.4 cm³/mol. The first kappa shape index (κ1) is 17.8. The van der Waals surface area contributed by atoms with Gasteiger partial charge in [0, 0.05) is 36.8 Å². The number of hydrogen-bond acceptors (Lipinski definition) is 4. The van der Waals surface area contributed by atoms with Crippen LogP contribution in [0.15, 0.2) is 42.6 Å². The molecule has 0 atom stereocenters. The average Bonchev–Trinajstić information content (AvgIpc) is 2.68. The smallest absolute Gasteiger partial charge is 0.254 e. The van der Waals surface area contributed by atoms with E-state index >= 15 is 0 Å². The number of rotatable bonds is 4. The van der Waals surface area contributed by atoms with Crippen molar-refractivity contribution in [2.24, 2.45) is 5.92 Å². The maximum Gasteiger partial charge on any atom is 0.254 e. The monoisotopic (exact) mass is 357 g/mol. The number of halogens is 1. The number of benzene rings is 1. The summed E-state index contributed by atoms with van der Waals surface area (Å²) in [5, 5.41) is 2.89. The lowest BCUT2D eigenvalue weighted by Gasteiger charge is -2.31. The lowest BCUT2D eigenvalue weighted by atomic mass is 9.95. The molecule has 7 heteroatoms. The molecule has 26 heavy (non-hydrogen) atoms. The second-order valence-corrected chi connectivity index (χ2v) is 6.12. The molecule has 1 saturated heterocycles. The normalized spacial score (nSPS) is 14.8. The van der Waals surface area contributed by atoms with Gasteiger partial charge < -0.3 is 15.0 Å². The Morgan fingerprint density at radius 3 is 2.65 bits per heavy atom. The van der Waals surface area contributed by atoms with Crippen LogP contribution in [-0.4, -0.2) is 41.9 Å². The van der Waals surface area contributed by atoms with Crippen molar-refractivity contribution in [1.29, 1.82) is 0 Å².